The summed E-state index contributed by atoms with van der Waals surface area (Å²) in [6, 6.07) is 0. The first kappa shape index (κ1) is 12.9. The van der Waals surface area contributed by atoms with Crippen molar-refractivity contribution < 1.29 is 4.74 Å². The molecule has 0 amide bonds. The van der Waals surface area contributed by atoms with E-state index in [0.29, 0.717) is 0 Å². The number of methoxy groups -OCH3 is 1. The molecule has 0 unspecified atom stereocenters. The molecule has 6 heteroatoms. The highest BCUT2D eigenvalue weighted by atomic mass is 16.5. The van der Waals surface area contributed by atoms with Crippen LogP contribution < -0.4 is 9.64 Å². The summed E-state index contributed by atoms with van der Waals surface area (Å²) < 4.78 is 7.27. The van der Waals surface area contributed by atoms with Crippen LogP contribution in [0.1, 0.15) is 23.2 Å². The fourth-order valence-electron chi connectivity index (χ4n) is 2.62. The standard InChI is InChI=1S/C14H19N5O/c1-10-7-15-14(16-8-10)19-6-4-5-11-12(9-19)18(2)17-13(11)20-3/h7-8H,4-6,9H2,1-3H3. The van der Waals surface area contributed by atoms with Crippen LogP contribution in [0.2, 0.25) is 0 Å². The largest absolute Gasteiger partial charge is 0.480 e. The van der Waals surface area contributed by atoms with Gasteiger partial charge in [0, 0.05) is 31.5 Å². The lowest BCUT2D eigenvalue weighted by Gasteiger charge is -2.20. The van der Waals surface area contributed by atoms with Crippen LogP contribution in [0.3, 0.4) is 0 Å². The average Bonchev–Trinajstić information content (AvgIpc) is 2.64. The fourth-order valence-corrected chi connectivity index (χ4v) is 2.62. The second-order valence-electron chi connectivity index (χ2n) is 5.14. The lowest BCUT2D eigenvalue weighted by atomic mass is 10.1. The number of nitrogens with zero attached hydrogens (tertiary/aromatic N) is 5. The summed E-state index contributed by atoms with van der Waals surface area (Å²) in [6.45, 7) is 3.71. The molecule has 0 bridgehead atoms. The van der Waals surface area contributed by atoms with E-state index in [1.54, 1.807) is 7.11 Å². The van der Waals surface area contributed by atoms with Gasteiger partial charge in [-0.25, -0.2) is 9.97 Å². The highest BCUT2D eigenvalue weighted by Crippen LogP contribution is 2.27. The van der Waals surface area contributed by atoms with Gasteiger partial charge in [0.1, 0.15) is 0 Å². The van der Waals surface area contributed by atoms with E-state index in [-0.39, 0.29) is 0 Å². The second-order valence-corrected chi connectivity index (χ2v) is 5.14. The Morgan fingerprint density at radius 2 is 2.00 bits per heavy atom. The van der Waals surface area contributed by atoms with Gasteiger partial charge in [0.05, 0.1) is 19.3 Å². The minimum atomic E-state index is 0.745. The smallest absolute Gasteiger partial charge is 0.236 e. The summed E-state index contributed by atoms with van der Waals surface area (Å²) in [7, 11) is 3.63. The third-order valence-corrected chi connectivity index (χ3v) is 3.68. The zero-order valence-corrected chi connectivity index (χ0v) is 12.1. The molecule has 0 N–H and O–H groups in total. The summed E-state index contributed by atoms with van der Waals surface area (Å²) in [4.78, 5) is 11.1. The molecule has 6 nitrogen and oxygen atoms in total. The number of hydrogen-bond donors (Lipinski definition) is 0. The van der Waals surface area contributed by atoms with Crippen molar-refractivity contribution in [1.82, 2.24) is 19.7 Å². The van der Waals surface area contributed by atoms with Crippen LogP contribution >= 0.6 is 0 Å². The zero-order valence-electron chi connectivity index (χ0n) is 12.1. The molecular formula is C14H19N5O. The maximum absolute atomic E-state index is 5.36. The zero-order chi connectivity index (χ0) is 14.1. The van der Waals surface area contributed by atoms with Gasteiger partial charge < -0.3 is 9.64 Å². The van der Waals surface area contributed by atoms with Crippen molar-refractivity contribution >= 4 is 5.95 Å². The van der Waals surface area contributed by atoms with Gasteiger partial charge in [-0.05, 0) is 25.3 Å². The maximum atomic E-state index is 5.36. The first-order valence-corrected chi connectivity index (χ1v) is 6.81. The van der Waals surface area contributed by atoms with E-state index < -0.39 is 0 Å². The quantitative estimate of drug-likeness (QED) is 0.829. The molecule has 0 saturated carbocycles. The maximum Gasteiger partial charge on any atom is 0.236 e. The summed E-state index contributed by atoms with van der Waals surface area (Å²) in [6.07, 6.45) is 5.75. The van der Waals surface area contributed by atoms with E-state index in [0.717, 1.165) is 43.3 Å². The van der Waals surface area contributed by atoms with Crippen LogP contribution in [0, 0.1) is 6.92 Å². The van der Waals surface area contributed by atoms with E-state index >= 15 is 0 Å². The lowest BCUT2D eigenvalue weighted by molar-refractivity contribution is 0.387. The number of rotatable bonds is 2. The second kappa shape index (κ2) is 5.11. The van der Waals surface area contributed by atoms with E-state index in [2.05, 4.69) is 20.0 Å². The first-order valence-electron chi connectivity index (χ1n) is 6.81. The van der Waals surface area contributed by atoms with Crippen LogP contribution in [-0.2, 0) is 20.0 Å². The third-order valence-electron chi connectivity index (χ3n) is 3.68. The summed E-state index contributed by atoms with van der Waals surface area (Å²) >= 11 is 0. The summed E-state index contributed by atoms with van der Waals surface area (Å²) in [5, 5.41) is 4.42. The van der Waals surface area contributed by atoms with E-state index in [1.165, 1.54) is 11.3 Å². The van der Waals surface area contributed by atoms with Crippen molar-refractivity contribution in [2.75, 3.05) is 18.6 Å². The van der Waals surface area contributed by atoms with E-state index in [1.807, 2.05) is 31.0 Å². The number of aromatic nitrogens is 4. The van der Waals surface area contributed by atoms with E-state index in [4.69, 9.17) is 4.74 Å². The van der Waals surface area contributed by atoms with Crippen molar-refractivity contribution in [3.05, 3.63) is 29.2 Å². The van der Waals surface area contributed by atoms with Gasteiger partial charge in [0.2, 0.25) is 11.8 Å². The van der Waals surface area contributed by atoms with Crippen LogP contribution in [0.4, 0.5) is 5.95 Å². The van der Waals surface area contributed by atoms with Gasteiger partial charge in [0.25, 0.3) is 0 Å². The van der Waals surface area contributed by atoms with Crippen LogP contribution in [0.5, 0.6) is 5.88 Å². The topological polar surface area (TPSA) is 56.1 Å². The highest BCUT2D eigenvalue weighted by molar-refractivity contribution is 5.39. The molecule has 0 aliphatic carbocycles. The molecule has 2 aromatic rings. The Balaban J connectivity index is 1.93. The van der Waals surface area contributed by atoms with Crippen molar-refractivity contribution in [3.63, 3.8) is 0 Å². The molecular weight excluding hydrogens is 254 g/mol. The molecule has 20 heavy (non-hydrogen) atoms. The lowest BCUT2D eigenvalue weighted by Crippen LogP contribution is -2.25. The Labute approximate surface area is 118 Å². The Bertz CT molecular complexity index is 605. The number of aryl methyl sites for hydroxylation is 2. The van der Waals surface area contributed by atoms with Gasteiger partial charge in [-0.3, -0.25) is 4.68 Å². The Hall–Kier alpha value is -2.11. The van der Waals surface area contributed by atoms with Crippen molar-refractivity contribution in [2.45, 2.75) is 26.3 Å². The normalized spacial score (nSPS) is 14.8. The van der Waals surface area contributed by atoms with Crippen molar-refractivity contribution in [2.24, 2.45) is 7.05 Å². The number of fused-ring (bicyclic) bond motifs is 1. The molecule has 0 saturated heterocycles. The average molecular weight is 273 g/mol. The Kier molecular flexibility index (Phi) is 3.30. The minimum Gasteiger partial charge on any atom is -0.480 e. The molecule has 1 aliphatic heterocycles. The SMILES string of the molecule is COc1nn(C)c2c1CCCN(c1ncc(C)cn1)C2. The molecule has 0 fully saturated rings. The highest BCUT2D eigenvalue weighted by Gasteiger charge is 2.23. The molecule has 0 aromatic carbocycles. The molecule has 1 aliphatic rings. The summed E-state index contributed by atoms with van der Waals surface area (Å²) in [5.41, 5.74) is 3.47. The van der Waals surface area contributed by atoms with Gasteiger partial charge >= 0.3 is 0 Å². The van der Waals surface area contributed by atoms with Gasteiger partial charge in [-0.2, -0.15) is 0 Å². The summed E-state index contributed by atoms with van der Waals surface area (Å²) in [5.74, 6) is 1.53. The van der Waals surface area contributed by atoms with Crippen LogP contribution in [-0.4, -0.2) is 33.4 Å². The molecule has 3 heterocycles. The Morgan fingerprint density at radius 3 is 2.70 bits per heavy atom. The van der Waals surface area contributed by atoms with Crippen LogP contribution in [0.25, 0.3) is 0 Å². The number of ether oxygens (including phenoxy) is 1. The molecule has 2 aromatic heterocycles. The number of anilines is 1. The van der Waals surface area contributed by atoms with E-state index in [9.17, 15) is 0 Å². The number of hydrogen-bond acceptors (Lipinski definition) is 5. The predicted octanol–water partition coefficient (Wildman–Crippen LogP) is 1.48. The third kappa shape index (κ3) is 2.21. The first-order chi connectivity index (χ1) is 9.69. The predicted molar refractivity (Wildman–Crippen MR) is 75.9 cm³/mol. The molecule has 0 spiro atoms. The molecule has 3 rings (SSSR count). The molecule has 106 valence electrons. The van der Waals surface area contributed by atoms with Crippen LogP contribution in [0.15, 0.2) is 12.4 Å². The van der Waals surface area contributed by atoms with Gasteiger partial charge in [-0.1, -0.05) is 0 Å². The van der Waals surface area contributed by atoms with Crippen molar-refractivity contribution in [1.29, 1.82) is 0 Å². The fraction of sp³-hybridized carbons (Fsp3) is 0.500. The van der Waals surface area contributed by atoms with Gasteiger partial charge in [-0.15, -0.1) is 5.10 Å². The Morgan fingerprint density at radius 1 is 1.25 bits per heavy atom. The minimum absolute atomic E-state index is 0.745. The molecule has 0 atom stereocenters. The molecule has 0 radical (unpaired) electrons. The van der Waals surface area contributed by atoms with Gasteiger partial charge in [0.15, 0.2) is 0 Å². The van der Waals surface area contributed by atoms with Crippen molar-refractivity contribution in [3.8, 4) is 5.88 Å². The monoisotopic (exact) mass is 273 g/mol.